The van der Waals surface area contributed by atoms with E-state index in [1.54, 1.807) is 22.5 Å². The normalized spacial score (nSPS) is 20.1. The van der Waals surface area contributed by atoms with Gasteiger partial charge in [-0.3, -0.25) is 9.36 Å². The Kier molecular flexibility index (Phi) is 4.32. The zero-order valence-electron chi connectivity index (χ0n) is 16.9. The van der Waals surface area contributed by atoms with Crippen LogP contribution in [0.4, 0.5) is 0 Å². The summed E-state index contributed by atoms with van der Waals surface area (Å²) in [6, 6.07) is 4.71. The fraction of sp³-hybridized carbons (Fsp3) is 0.476. The smallest absolute Gasteiger partial charge is 0.336 e. The van der Waals surface area contributed by atoms with Crippen LogP contribution in [-0.2, 0) is 4.79 Å². The van der Waals surface area contributed by atoms with Gasteiger partial charge in [-0.15, -0.1) is 0 Å². The second-order valence-corrected chi connectivity index (χ2v) is 9.45. The van der Waals surface area contributed by atoms with E-state index in [9.17, 15) is 14.7 Å². The number of nitriles is 1. The number of nitrogens with zero attached hydrogens (tertiary/aromatic N) is 4. The van der Waals surface area contributed by atoms with Crippen molar-refractivity contribution >= 4 is 17.5 Å². The Morgan fingerprint density at radius 1 is 1.38 bits per heavy atom. The van der Waals surface area contributed by atoms with Gasteiger partial charge in [0.15, 0.2) is 0 Å². The molecule has 2 aromatic rings. The second kappa shape index (κ2) is 6.39. The van der Waals surface area contributed by atoms with Crippen LogP contribution in [0.1, 0.15) is 62.5 Å². The van der Waals surface area contributed by atoms with Crippen LogP contribution in [0.2, 0.25) is 5.02 Å². The summed E-state index contributed by atoms with van der Waals surface area (Å²) in [4.78, 5) is 27.7. The third kappa shape index (κ3) is 2.85. The monoisotopic (exact) mass is 414 g/mol. The van der Waals surface area contributed by atoms with Crippen LogP contribution in [0.25, 0.3) is 5.69 Å². The molecule has 1 saturated heterocycles. The largest absolute Gasteiger partial charge is 0.493 e. The molecule has 1 N–H and O–H groups in total. The molecule has 0 spiro atoms. The molecular formula is C21H23ClN4O3. The molecular weight excluding hydrogens is 392 g/mol. The van der Waals surface area contributed by atoms with Gasteiger partial charge in [0.05, 0.1) is 28.4 Å². The van der Waals surface area contributed by atoms with Crippen molar-refractivity contribution < 1.29 is 9.90 Å². The highest BCUT2D eigenvalue weighted by atomic mass is 35.5. The lowest BCUT2D eigenvalue weighted by atomic mass is 9.91. The average molecular weight is 415 g/mol. The maximum absolute atomic E-state index is 13.1. The van der Waals surface area contributed by atoms with E-state index in [1.807, 2.05) is 26.8 Å². The molecule has 1 fully saturated rings. The summed E-state index contributed by atoms with van der Waals surface area (Å²) >= 11 is 6.26. The highest BCUT2D eigenvalue weighted by Crippen LogP contribution is 2.49. The van der Waals surface area contributed by atoms with Gasteiger partial charge in [0.25, 0.3) is 0 Å². The molecule has 2 atom stereocenters. The molecule has 0 saturated carbocycles. The number of fused-ring (bicyclic) bond motifs is 5. The van der Waals surface area contributed by atoms with Crippen LogP contribution in [0.5, 0.6) is 5.88 Å². The fourth-order valence-electron chi connectivity index (χ4n) is 4.50. The summed E-state index contributed by atoms with van der Waals surface area (Å²) in [6.45, 7) is 8.23. The van der Waals surface area contributed by atoms with Gasteiger partial charge in [0.1, 0.15) is 11.8 Å². The van der Waals surface area contributed by atoms with Crippen LogP contribution < -0.4 is 5.69 Å². The van der Waals surface area contributed by atoms with Crippen LogP contribution in [0.15, 0.2) is 16.9 Å². The number of carbonyl (C=O) groups excluding carboxylic acids is 1. The SMILES string of the molecule is Cc1c(-n2c(O)c3n(c2=O)C2CC3N(C(=O)CC(C)(C)C)C2)ccc(C#N)c1Cl. The zero-order chi connectivity index (χ0) is 21.2. The molecule has 152 valence electrons. The lowest BCUT2D eigenvalue weighted by Crippen LogP contribution is -2.39. The molecule has 4 rings (SSSR count). The summed E-state index contributed by atoms with van der Waals surface area (Å²) in [5.41, 5.74) is 1.28. The first-order chi connectivity index (χ1) is 13.5. The molecule has 8 heteroatoms. The van der Waals surface area contributed by atoms with E-state index in [1.165, 1.54) is 10.6 Å². The van der Waals surface area contributed by atoms with E-state index in [2.05, 4.69) is 0 Å². The lowest BCUT2D eigenvalue weighted by molar-refractivity contribution is -0.134. The van der Waals surface area contributed by atoms with Crippen molar-refractivity contribution in [2.75, 3.05) is 6.54 Å². The molecule has 2 aliphatic rings. The van der Waals surface area contributed by atoms with Gasteiger partial charge in [-0.2, -0.15) is 5.26 Å². The van der Waals surface area contributed by atoms with Crippen LogP contribution >= 0.6 is 11.6 Å². The van der Waals surface area contributed by atoms with Crippen LogP contribution in [0.3, 0.4) is 0 Å². The van der Waals surface area contributed by atoms with Gasteiger partial charge < -0.3 is 10.0 Å². The highest BCUT2D eigenvalue weighted by molar-refractivity contribution is 6.32. The van der Waals surface area contributed by atoms with E-state index in [0.717, 1.165) is 0 Å². The number of aromatic nitrogens is 2. The van der Waals surface area contributed by atoms with Crippen molar-refractivity contribution in [2.24, 2.45) is 5.41 Å². The van der Waals surface area contributed by atoms with Gasteiger partial charge in [-0.25, -0.2) is 9.36 Å². The number of hydrogen-bond donors (Lipinski definition) is 1. The fourth-order valence-corrected chi connectivity index (χ4v) is 4.70. The molecule has 7 nitrogen and oxygen atoms in total. The van der Waals surface area contributed by atoms with Crippen molar-refractivity contribution in [3.05, 3.63) is 44.5 Å². The van der Waals surface area contributed by atoms with Crippen LogP contribution in [0, 0.1) is 23.7 Å². The maximum Gasteiger partial charge on any atom is 0.336 e. The molecule has 2 unspecified atom stereocenters. The minimum atomic E-state index is -0.350. The molecule has 0 radical (unpaired) electrons. The summed E-state index contributed by atoms with van der Waals surface area (Å²) in [6.07, 6.45) is 1.05. The third-order valence-electron chi connectivity index (χ3n) is 5.78. The van der Waals surface area contributed by atoms with E-state index < -0.39 is 0 Å². The first-order valence-electron chi connectivity index (χ1n) is 9.60. The molecule has 2 aliphatic heterocycles. The van der Waals surface area contributed by atoms with E-state index >= 15 is 0 Å². The third-order valence-corrected chi connectivity index (χ3v) is 6.27. The van der Waals surface area contributed by atoms with Crippen molar-refractivity contribution in [1.82, 2.24) is 14.0 Å². The molecule has 29 heavy (non-hydrogen) atoms. The first kappa shape index (κ1) is 19.6. The van der Waals surface area contributed by atoms with E-state index in [-0.39, 0.29) is 40.0 Å². The summed E-state index contributed by atoms with van der Waals surface area (Å²) in [7, 11) is 0. The average Bonchev–Trinajstić information content (AvgIpc) is 3.28. The summed E-state index contributed by atoms with van der Waals surface area (Å²) in [5.74, 6) is -0.131. The first-order valence-corrected chi connectivity index (χ1v) is 9.98. The Balaban J connectivity index is 1.79. The minimum absolute atomic E-state index is 0.0356. The van der Waals surface area contributed by atoms with Crippen molar-refractivity contribution in [1.29, 1.82) is 5.26 Å². The van der Waals surface area contributed by atoms with Crippen molar-refractivity contribution in [3.63, 3.8) is 0 Å². The van der Waals surface area contributed by atoms with Gasteiger partial charge >= 0.3 is 5.69 Å². The van der Waals surface area contributed by atoms with Crippen LogP contribution in [-0.4, -0.2) is 31.6 Å². The molecule has 2 bridgehead atoms. The van der Waals surface area contributed by atoms with Gasteiger partial charge in [-0.1, -0.05) is 32.4 Å². The number of benzene rings is 1. The number of amides is 1. The number of imidazole rings is 1. The Bertz CT molecular complexity index is 1130. The Morgan fingerprint density at radius 3 is 2.69 bits per heavy atom. The second-order valence-electron chi connectivity index (χ2n) is 9.07. The number of hydrogen-bond acceptors (Lipinski definition) is 4. The van der Waals surface area contributed by atoms with E-state index in [4.69, 9.17) is 16.9 Å². The van der Waals surface area contributed by atoms with Crippen molar-refractivity contribution in [2.45, 2.75) is 52.6 Å². The summed E-state index contributed by atoms with van der Waals surface area (Å²) in [5, 5.41) is 20.4. The standard InChI is InChI=1S/C21H23ClN4O3/c1-11-14(6-5-12(9-23)17(11)22)26-19(28)18-15-7-13(25(18)20(26)29)10-24(15)16(27)8-21(2,3)4/h5-6,13,15,28H,7-8,10H2,1-4H3. The van der Waals surface area contributed by atoms with Gasteiger partial charge in [-0.05, 0) is 36.5 Å². The molecule has 1 aromatic heterocycles. The zero-order valence-corrected chi connectivity index (χ0v) is 17.6. The molecule has 3 heterocycles. The van der Waals surface area contributed by atoms with Crippen molar-refractivity contribution in [3.8, 4) is 17.6 Å². The Morgan fingerprint density at radius 2 is 2.07 bits per heavy atom. The maximum atomic E-state index is 13.1. The number of likely N-dealkylation sites (tertiary alicyclic amines) is 1. The Hall–Kier alpha value is -2.72. The Labute approximate surface area is 173 Å². The number of carbonyl (C=O) groups is 1. The predicted molar refractivity (Wildman–Crippen MR) is 108 cm³/mol. The number of rotatable bonds is 2. The summed E-state index contributed by atoms with van der Waals surface area (Å²) < 4.78 is 2.83. The molecule has 1 aromatic carbocycles. The predicted octanol–water partition coefficient (Wildman–Crippen LogP) is 3.44. The van der Waals surface area contributed by atoms with E-state index in [0.29, 0.717) is 41.9 Å². The molecule has 0 aliphatic carbocycles. The quantitative estimate of drug-likeness (QED) is 0.814. The van der Waals surface area contributed by atoms with Gasteiger partial charge in [0, 0.05) is 13.0 Å². The number of halogens is 1. The molecule has 1 amide bonds. The highest BCUT2D eigenvalue weighted by Gasteiger charge is 2.49. The lowest BCUT2D eigenvalue weighted by Gasteiger charge is -2.30. The number of aromatic hydroxyl groups is 1. The topological polar surface area (TPSA) is 91.3 Å². The minimum Gasteiger partial charge on any atom is -0.493 e. The van der Waals surface area contributed by atoms with Gasteiger partial charge in [0.2, 0.25) is 11.8 Å².